The molecule has 0 aromatic carbocycles. The number of aryl methyl sites for hydroxylation is 2. The molecule has 0 bridgehead atoms. The number of hydrogen-bond donors (Lipinski definition) is 3. The number of hydrogen-bond acceptors (Lipinski definition) is 5. The molecule has 0 atom stereocenters. The van der Waals surface area contributed by atoms with Crippen LogP contribution >= 0.6 is 18.9 Å². The van der Waals surface area contributed by atoms with Crippen LogP contribution in [-0.4, -0.2) is 25.9 Å². The molecule has 0 aliphatic rings. The van der Waals surface area contributed by atoms with E-state index in [9.17, 15) is 4.57 Å². The highest BCUT2D eigenvalue weighted by atomic mass is 32.1. The van der Waals surface area contributed by atoms with Crippen LogP contribution in [0.5, 0.6) is 0 Å². The van der Waals surface area contributed by atoms with Crippen LogP contribution in [0.4, 0.5) is 5.82 Å². The Hall–Kier alpha value is -1.34. The summed E-state index contributed by atoms with van der Waals surface area (Å²) in [7, 11) is -3.96. The fourth-order valence-electron chi connectivity index (χ4n) is 1.91. The predicted molar refractivity (Wildman–Crippen MR) is 80.1 cm³/mol. The van der Waals surface area contributed by atoms with Crippen molar-refractivity contribution in [3.8, 4) is 0 Å². The fraction of sp³-hybridized carbons (Fsp3) is 0.417. The minimum absolute atomic E-state index is 0.135. The Balaban J connectivity index is 2.15. The molecule has 2 aromatic rings. The van der Waals surface area contributed by atoms with Crippen LogP contribution in [0.15, 0.2) is 11.7 Å². The Labute approximate surface area is 126 Å². The van der Waals surface area contributed by atoms with Gasteiger partial charge in [-0.3, -0.25) is 4.57 Å². The second-order valence-corrected chi connectivity index (χ2v) is 7.54. The third-order valence-corrected chi connectivity index (χ3v) is 5.10. The average Bonchev–Trinajstić information content (AvgIpc) is 2.71. The molecule has 0 saturated heterocycles. The van der Waals surface area contributed by atoms with E-state index in [0.29, 0.717) is 24.6 Å². The summed E-state index contributed by atoms with van der Waals surface area (Å²) in [4.78, 5) is 27.1. The molecule has 0 unspecified atom stereocenters. The normalized spacial score (nSPS) is 11.8. The topological polar surface area (TPSA) is 113 Å². The summed E-state index contributed by atoms with van der Waals surface area (Å²) >= 11 is 1.48. The van der Waals surface area contributed by atoms with E-state index in [2.05, 4.69) is 9.97 Å². The number of rotatable bonds is 5. The van der Waals surface area contributed by atoms with Gasteiger partial charge in [0, 0.05) is 13.1 Å². The highest BCUT2D eigenvalue weighted by Crippen LogP contribution is 2.35. The number of thiazole rings is 1. The standard InChI is InChI=1S/C12H17N4O3PS/c1-8-11(3-4-20(17,18)19)21-7-16(8)6-10-5-14-9(2)15-12(10)13/h5,7H,3-4,6H2,1-2H3,(H3-,13,14,15,17,18,19)/p+1. The number of nitrogen functional groups attached to an aromatic ring is 1. The summed E-state index contributed by atoms with van der Waals surface area (Å²) in [5.74, 6) is 1.09. The molecule has 2 heterocycles. The Morgan fingerprint density at radius 2 is 2.14 bits per heavy atom. The van der Waals surface area contributed by atoms with Crippen molar-refractivity contribution in [1.82, 2.24) is 9.97 Å². The molecule has 0 saturated carbocycles. The number of aromatic nitrogens is 3. The smallest absolute Gasteiger partial charge is 0.325 e. The molecule has 0 radical (unpaired) electrons. The first-order valence-corrected chi connectivity index (χ1v) is 9.03. The Kier molecular flexibility index (Phi) is 4.73. The lowest BCUT2D eigenvalue weighted by atomic mass is 10.2. The lowest BCUT2D eigenvalue weighted by molar-refractivity contribution is -0.689. The summed E-state index contributed by atoms with van der Waals surface area (Å²) < 4.78 is 12.9. The van der Waals surface area contributed by atoms with Crippen molar-refractivity contribution in [2.75, 3.05) is 11.9 Å². The quantitative estimate of drug-likeness (QED) is 0.552. The van der Waals surface area contributed by atoms with Gasteiger partial charge in [-0.25, -0.2) is 9.97 Å². The summed E-state index contributed by atoms with van der Waals surface area (Å²) in [5, 5.41) is 0. The van der Waals surface area contributed by atoms with Crippen LogP contribution in [0.3, 0.4) is 0 Å². The van der Waals surface area contributed by atoms with Gasteiger partial charge in [-0.1, -0.05) is 11.3 Å². The van der Waals surface area contributed by atoms with Crippen molar-refractivity contribution in [2.45, 2.75) is 26.8 Å². The second-order valence-electron chi connectivity index (χ2n) is 4.83. The summed E-state index contributed by atoms with van der Waals surface area (Å²) in [6, 6.07) is 0. The van der Waals surface area contributed by atoms with Gasteiger partial charge >= 0.3 is 7.60 Å². The molecular formula is C12H18N4O3PS+. The van der Waals surface area contributed by atoms with Gasteiger partial charge in [0.15, 0.2) is 12.2 Å². The zero-order chi connectivity index (χ0) is 15.6. The first-order valence-electron chi connectivity index (χ1n) is 6.35. The molecular weight excluding hydrogens is 311 g/mol. The van der Waals surface area contributed by atoms with E-state index in [-0.39, 0.29) is 6.16 Å². The van der Waals surface area contributed by atoms with Crippen LogP contribution in [-0.2, 0) is 17.5 Å². The largest absolute Gasteiger partial charge is 0.383 e. The highest BCUT2D eigenvalue weighted by Gasteiger charge is 2.20. The van der Waals surface area contributed by atoms with E-state index in [1.807, 2.05) is 17.0 Å². The minimum Gasteiger partial charge on any atom is -0.383 e. The highest BCUT2D eigenvalue weighted by molar-refractivity contribution is 7.51. The van der Waals surface area contributed by atoms with Crippen LogP contribution < -0.4 is 10.3 Å². The predicted octanol–water partition coefficient (Wildman–Crippen LogP) is 0.793. The molecule has 2 aromatic heterocycles. The number of nitrogens with two attached hydrogens (primary N) is 1. The Morgan fingerprint density at radius 1 is 1.43 bits per heavy atom. The van der Waals surface area contributed by atoms with E-state index in [0.717, 1.165) is 16.1 Å². The maximum absolute atomic E-state index is 10.9. The third-order valence-electron chi connectivity index (χ3n) is 3.15. The van der Waals surface area contributed by atoms with Gasteiger partial charge < -0.3 is 15.5 Å². The Bertz CT molecular complexity index is 698. The molecule has 9 heteroatoms. The third kappa shape index (κ3) is 4.31. The molecule has 4 N–H and O–H groups in total. The molecule has 0 spiro atoms. The number of nitrogens with zero attached hydrogens (tertiary/aromatic N) is 3. The monoisotopic (exact) mass is 329 g/mol. The van der Waals surface area contributed by atoms with Crippen LogP contribution in [0.25, 0.3) is 0 Å². The molecule has 21 heavy (non-hydrogen) atoms. The zero-order valence-electron chi connectivity index (χ0n) is 11.9. The van der Waals surface area contributed by atoms with Crippen molar-refractivity contribution < 1.29 is 18.9 Å². The van der Waals surface area contributed by atoms with Gasteiger partial charge in [0.25, 0.3) is 0 Å². The molecule has 0 amide bonds. The molecule has 0 fully saturated rings. The molecule has 2 rings (SSSR count). The van der Waals surface area contributed by atoms with E-state index in [1.54, 1.807) is 13.1 Å². The first kappa shape index (κ1) is 16.0. The lowest BCUT2D eigenvalue weighted by Crippen LogP contribution is -2.35. The van der Waals surface area contributed by atoms with Crippen LogP contribution in [0.1, 0.15) is 22.0 Å². The van der Waals surface area contributed by atoms with Crippen molar-refractivity contribution in [1.29, 1.82) is 0 Å². The van der Waals surface area contributed by atoms with Crippen molar-refractivity contribution >= 4 is 24.8 Å². The molecule has 0 aliphatic carbocycles. The van der Waals surface area contributed by atoms with E-state index >= 15 is 0 Å². The average molecular weight is 329 g/mol. The zero-order valence-corrected chi connectivity index (χ0v) is 13.6. The summed E-state index contributed by atoms with van der Waals surface area (Å²) in [6.07, 6.45) is 1.94. The van der Waals surface area contributed by atoms with E-state index < -0.39 is 7.60 Å². The molecule has 7 nitrogen and oxygen atoms in total. The second kappa shape index (κ2) is 6.19. The van der Waals surface area contributed by atoms with Crippen LogP contribution in [0, 0.1) is 13.8 Å². The van der Waals surface area contributed by atoms with Gasteiger partial charge in [0.2, 0.25) is 5.51 Å². The van der Waals surface area contributed by atoms with Crippen molar-refractivity contribution in [3.05, 3.63) is 33.7 Å². The summed E-state index contributed by atoms with van der Waals surface area (Å²) in [6.45, 7) is 4.25. The van der Waals surface area contributed by atoms with Crippen molar-refractivity contribution in [2.24, 2.45) is 0 Å². The minimum atomic E-state index is -3.96. The van der Waals surface area contributed by atoms with Gasteiger partial charge in [-0.15, -0.1) is 0 Å². The van der Waals surface area contributed by atoms with Gasteiger partial charge in [0.05, 0.1) is 16.6 Å². The molecule has 0 aliphatic heterocycles. The van der Waals surface area contributed by atoms with E-state index in [4.69, 9.17) is 15.5 Å². The Morgan fingerprint density at radius 3 is 2.76 bits per heavy atom. The van der Waals surface area contributed by atoms with Crippen LogP contribution in [0.2, 0.25) is 0 Å². The SMILES string of the molecule is Cc1ncc(C[n+]2csc(CCP(=O)(O)O)c2C)c(N)n1. The van der Waals surface area contributed by atoms with Crippen molar-refractivity contribution in [3.63, 3.8) is 0 Å². The summed E-state index contributed by atoms with van der Waals surface area (Å²) in [5.41, 5.74) is 9.61. The van der Waals surface area contributed by atoms with Gasteiger partial charge in [-0.05, 0) is 13.3 Å². The lowest BCUT2D eigenvalue weighted by Gasteiger charge is -2.03. The van der Waals surface area contributed by atoms with Gasteiger partial charge in [0.1, 0.15) is 11.6 Å². The van der Waals surface area contributed by atoms with Gasteiger partial charge in [-0.2, -0.15) is 4.57 Å². The maximum atomic E-state index is 10.9. The number of anilines is 1. The van der Waals surface area contributed by atoms with E-state index in [1.165, 1.54) is 11.3 Å². The first-order chi connectivity index (χ1) is 9.76. The maximum Gasteiger partial charge on any atom is 0.325 e. The molecule has 114 valence electrons. The fourth-order valence-corrected chi connectivity index (χ4v) is 3.57.